The van der Waals surface area contributed by atoms with Gasteiger partial charge in [0.1, 0.15) is 11.9 Å². The Morgan fingerprint density at radius 3 is 2.44 bits per heavy atom. The van der Waals surface area contributed by atoms with Gasteiger partial charge >= 0.3 is 0 Å². The zero-order valence-electron chi connectivity index (χ0n) is 10.1. The Balaban J connectivity index is 3.23. The van der Waals surface area contributed by atoms with E-state index in [1.54, 1.807) is 7.11 Å². The van der Waals surface area contributed by atoms with E-state index in [1.807, 2.05) is 6.92 Å². The van der Waals surface area contributed by atoms with Gasteiger partial charge in [0.05, 0.1) is 9.26 Å². The summed E-state index contributed by atoms with van der Waals surface area (Å²) in [4.78, 5) is 8.84. The number of anilines is 1. The summed E-state index contributed by atoms with van der Waals surface area (Å²) in [5.74, 6) is 1.57. The number of nitrogens with zero attached hydrogens (tertiary/aromatic N) is 2. The largest absolute Gasteiger partial charge is 0.383 e. The van der Waals surface area contributed by atoms with Crippen LogP contribution in [0.4, 0.5) is 5.82 Å². The third-order valence-corrected chi connectivity index (χ3v) is 3.52. The maximum atomic E-state index is 5.89. The van der Waals surface area contributed by atoms with Gasteiger partial charge in [-0.05, 0) is 34.9 Å². The summed E-state index contributed by atoms with van der Waals surface area (Å²) in [6.07, 6.45) is 0.769. The van der Waals surface area contributed by atoms with Gasteiger partial charge in [0.2, 0.25) is 0 Å². The van der Waals surface area contributed by atoms with Crippen molar-refractivity contribution in [2.24, 2.45) is 0 Å². The van der Waals surface area contributed by atoms with Crippen LogP contribution in [0.3, 0.4) is 0 Å². The van der Waals surface area contributed by atoms with E-state index in [2.05, 4.69) is 46.4 Å². The molecule has 0 aliphatic heterocycles. The summed E-state index contributed by atoms with van der Waals surface area (Å²) >= 11 is 2.19. The molecule has 5 heteroatoms. The van der Waals surface area contributed by atoms with Gasteiger partial charge in [0, 0.05) is 7.11 Å². The van der Waals surface area contributed by atoms with E-state index in [9.17, 15) is 0 Å². The number of nitrogens with two attached hydrogens (primary N) is 1. The molecule has 0 bridgehead atoms. The van der Waals surface area contributed by atoms with Crippen molar-refractivity contribution in [2.45, 2.75) is 39.2 Å². The van der Waals surface area contributed by atoms with E-state index in [0.29, 0.717) is 17.6 Å². The Morgan fingerprint density at radius 2 is 2.00 bits per heavy atom. The maximum absolute atomic E-state index is 5.89. The molecule has 0 aliphatic carbocycles. The fourth-order valence-corrected chi connectivity index (χ4v) is 2.35. The molecule has 4 nitrogen and oxygen atoms in total. The summed E-state index contributed by atoms with van der Waals surface area (Å²) in [5, 5.41) is 0. The summed E-state index contributed by atoms with van der Waals surface area (Å²) in [7, 11) is 1.67. The first-order valence-corrected chi connectivity index (χ1v) is 6.44. The number of hydrogen-bond acceptors (Lipinski definition) is 4. The van der Waals surface area contributed by atoms with E-state index in [4.69, 9.17) is 10.5 Å². The SMILES string of the molecule is CCC(OC)c1nc(N)c(I)c(C(C)C)n1. The number of nitrogen functional groups attached to an aromatic ring is 1. The van der Waals surface area contributed by atoms with Gasteiger partial charge in [-0.15, -0.1) is 0 Å². The minimum atomic E-state index is -0.0724. The van der Waals surface area contributed by atoms with Crippen LogP contribution in [-0.2, 0) is 4.74 Å². The number of halogens is 1. The molecular formula is C11H18IN3O. The lowest BCUT2D eigenvalue weighted by Gasteiger charge is -2.16. The molecule has 0 saturated heterocycles. The quantitative estimate of drug-likeness (QED) is 0.860. The molecule has 90 valence electrons. The Labute approximate surface area is 110 Å². The van der Waals surface area contributed by atoms with E-state index in [1.165, 1.54) is 0 Å². The van der Waals surface area contributed by atoms with Gasteiger partial charge in [0.25, 0.3) is 0 Å². The molecule has 0 saturated carbocycles. The van der Waals surface area contributed by atoms with Crippen molar-refractivity contribution in [3.05, 3.63) is 15.1 Å². The van der Waals surface area contributed by atoms with Crippen LogP contribution in [0.5, 0.6) is 0 Å². The molecule has 1 rings (SSSR count). The predicted octanol–water partition coefficient (Wildman–Crippen LogP) is 2.88. The lowest BCUT2D eigenvalue weighted by Crippen LogP contribution is -2.12. The van der Waals surface area contributed by atoms with Gasteiger partial charge < -0.3 is 10.5 Å². The lowest BCUT2D eigenvalue weighted by molar-refractivity contribution is 0.0924. The van der Waals surface area contributed by atoms with Crippen LogP contribution in [0.2, 0.25) is 0 Å². The highest BCUT2D eigenvalue weighted by atomic mass is 127. The molecule has 0 amide bonds. The highest BCUT2D eigenvalue weighted by Crippen LogP contribution is 2.26. The first-order chi connectivity index (χ1) is 7.51. The fraction of sp³-hybridized carbons (Fsp3) is 0.636. The zero-order chi connectivity index (χ0) is 12.3. The first-order valence-electron chi connectivity index (χ1n) is 5.36. The molecule has 0 spiro atoms. The number of ether oxygens (including phenoxy) is 1. The van der Waals surface area contributed by atoms with Gasteiger partial charge in [-0.2, -0.15) is 0 Å². The zero-order valence-corrected chi connectivity index (χ0v) is 12.3. The van der Waals surface area contributed by atoms with E-state index >= 15 is 0 Å². The molecule has 2 N–H and O–H groups in total. The van der Waals surface area contributed by atoms with Gasteiger partial charge in [-0.25, -0.2) is 9.97 Å². The second-order valence-corrected chi connectivity index (χ2v) is 5.03. The molecule has 0 aromatic carbocycles. The molecule has 0 fully saturated rings. The van der Waals surface area contributed by atoms with Crippen LogP contribution in [0.1, 0.15) is 50.7 Å². The number of rotatable bonds is 4. The second kappa shape index (κ2) is 5.77. The van der Waals surface area contributed by atoms with Crippen molar-refractivity contribution >= 4 is 28.4 Å². The predicted molar refractivity (Wildman–Crippen MR) is 73.3 cm³/mol. The maximum Gasteiger partial charge on any atom is 0.159 e. The Kier molecular flexibility index (Phi) is 4.91. The van der Waals surface area contributed by atoms with Crippen molar-refractivity contribution < 1.29 is 4.74 Å². The number of aromatic nitrogens is 2. The van der Waals surface area contributed by atoms with E-state index in [0.717, 1.165) is 15.7 Å². The van der Waals surface area contributed by atoms with E-state index < -0.39 is 0 Å². The third kappa shape index (κ3) is 2.82. The molecule has 0 radical (unpaired) electrons. The fourth-order valence-electron chi connectivity index (χ4n) is 1.48. The van der Waals surface area contributed by atoms with E-state index in [-0.39, 0.29) is 6.10 Å². The molecule has 1 unspecified atom stereocenters. The topological polar surface area (TPSA) is 61.0 Å². The normalized spacial score (nSPS) is 13.1. The van der Waals surface area contributed by atoms with Crippen LogP contribution < -0.4 is 5.73 Å². The highest BCUT2D eigenvalue weighted by molar-refractivity contribution is 14.1. The molecule has 1 heterocycles. The molecule has 0 aliphatic rings. The minimum Gasteiger partial charge on any atom is -0.383 e. The van der Waals surface area contributed by atoms with Crippen LogP contribution in [0.25, 0.3) is 0 Å². The van der Waals surface area contributed by atoms with Crippen LogP contribution >= 0.6 is 22.6 Å². The highest BCUT2D eigenvalue weighted by Gasteiger charge is 2.17. The smallest absolute Gasteiger partial charge is 0.159 e. The number of hydrogen-bond donors (Lipinski definition) is 1. The molecule has 1 aromatic rings. The van der Waals surface area contributed by atoms with Gasteiger partial charge in [-0.3, -0.25) is 0 Å². The standard InChI is InChI=1S/C11H18IN3O/c1-5-7(16-4)11-14-9(6(2)3)8(12)10(13)15-11/h6-7H,5H2,1-4H3,(H2,13,14,15). The first kappa shape index (κ1) is 13.6. The third-order valence-electron chi connectivity index (χ3n) is 2.41. The molecule has 1 atom stereocenters. The average molecular weight is 335 g/mol. The second-order valence-electron chi connectivity index (χ2n) is 3.95. The summed E-state index contributed by atoms with van der Waals surface area (Å²) < 4.78 is 6.28. The Morgan fingerprint density at radius 1 is 1.38 bits per heavy atom. The van der Waals surface area contributed by atoms with Crippen LogP contribution in [-0.4, -0.2) is 17.1 Å². The van der Waals surface area contributed by atoms with Gasteiger partial charge in [-0.1, -0.05) is 20.8 Å². The van der Waals surface area contributed by atoms with Crippen molar-refractivity contribution in [2.75, 3.05) is 12.8 Å². The van der Waals surface area contributed by atoms with Crippen LogP contribution in [0.15, 0.2) is 0 Å². The monoisotopic (exact) mass is 335 g/mol. The van der Waals surface area contributed by atoms with Crippen LogP contribution in [0, 0.1) is 3.57 Å². The number of methoxy groups -OCH3 is 1. The summed E-state index contributed by atoms with van der Waals surface area (Å²) in [5.41, 5.74) is 6.89. The van der Waals surface area contributed by atoms with Crippen molar-refractivity contribution in [1.29, 1.82) is 0 Å². The van der Waals surface area contributed by atoms with Gasteiger partial charge in [0.15, 0.2) is 5.82 Å². The van der Waals surface area contributed by atoms with Crippen molar-refractivity contribution in [1.82, 2.24) is 9.97 Å². The Hall–Kier alpha value is -0.430. The average Bonchev–Trinajstić information content (AvgIpc) is 2.24. The summed E-state index contributed by atoms with van der Waals surface area (Å²) in [6, 6.07) is 0. The lowest BCUT2D eigenvalue weighted by atomic mass is 10.1. The van der Waals surface area contributed by atoms with Crippen molar-refractivity contribution in [3.63, 3.8) is 0 Å². The molecule has 1 aromatic heterocycles. The molecular weight excluding hydrogens is 317 g/mol. The summed E-state index contributed by atoms with van der Waals surface area (Å²) in [6.45, 7) is 6.24. The Bertz CT molecular complexity index is 364. The van der Waals surface area contributed by atoms with Crippen molar-refractivity contribution in [3.8, 4) is 0 Å². The molecule has 16 heavy (non-hydrogen) atoms. The minimum absolute atomic E-state index is 0.0724.